The lowest BCUT2D eigenvalue weighted by molar-refractivity contribution is 0.0735. The molecule has 17 heavy (non-hydrogen) atoms. The van der Waals surface area contributed by atoms with Gasteiger partial charge >= 0.3 is 0 Å². The molecule has 0 aromatic carbocycles. The van der Waals surface area contributed by atoms with Gasteiger partial charge in [-0.3, -0.25) is 4.90 Å². The number of hydrogen-bond donors (Lipinski definition) is 1. The molecule has 0 aromatic heterocycles. The third-order valence-corrected chi connectivity index (χ3v) is 4.39. The second-order valence-electron chi connectivity index (χ2n) is 5.58. The Morgan fingerprint density at radius 1 is 1.06 bits per heavy atom. The van der Waals surface area contributed by atoms with E-state index < -0.39 is 0 Å². The highest BCUT2D eigenvalue weighted by Crippen LogP contribution is 2.20. The number of hydrogen-bond acceptors (Lipinski definition) is 3. The first-order valence-electron chi connectivity index (χ1n) is 7.53. The molecule has 2 unspecified atom stereocenters. The van der Waals surface area contributed by atoms with Crippen LogP contribution in [0.1, 0.15) is 39.5 Å². The van der Waals surface area contributed by atoms with Crippen LogP contribution in [0.25, 0.3) is 0 Å². The highest BCUT2D eigenvalue weighted by Gasteiger charge is 2.28. The summed E-state index contributed by atoms with van der Waals surface area (Å²) in [5.74, 6) is 0. The van der Waals surface area contributed by atoms with E-state index >= 15 is 0 Å². The Kier molecular flexibility index (Phi) is 5.26. The maximum atomic E-state index is 3.62. The van der Waals surface area contributed by atoms with Crippen LogP contribution in [-0.2, 0) is 0 Å². The number of likely N-dealkylation sites (tertiary alicyclic amines) is 2. The van der Waals surface area contributed by atoms with Crippen molar-refractivity contribution < 1.29 is 0 Å². The molecule has 0 aliphatic carbocycles. The van der Waals surface area contributed by atoms with Gasteiger partial charge in [0.15, 0.2) is 0 Å². The van der Waals surface area contributed by atoms with Crippen molar-refractivity contribution >= 4 is 0 Å². The van der Waals surface area contributed by atoms with Gasteiger partial charge in [-0.05, 0) is 51.9 Å². The van der Waals surface area contributed by atoms with Crippen LogP contribution in [0.3, 0.4) is 0 Å². The van der Waals surface area contributed by atoms with Gasteiger partial charge in [0.05, 0.1) is 0 Å². The van der Waals surface area contributed by atoms with Crippen LogP contribution in [0.2, 0.25) is 0 Å². The summed E-state index contributed by atoms with van der Waals surface area (Å²) in [5.41, 5.74) is 0. The molecular formula is C14H29N3. The lowest BCUT2D eigenvalue weighted by atomic mass is 9.98. The van der Waals surface area contributed by atoms with Crippen molar-refractivity contribution in [2.45, 2.75) is 51.6 Å². The third-order valence-electron chi connectivity index (χ3n) is 4.39. The Morgan fingerprint density at radius 3 is 2.65 bits per heavy atom. The molecule has 0 saturated carbocycles. The van der Waals surface area contributed by atoms with E-state index in [1.54, 1.807) is 0 Å². The Balaban J connectivity index is 1.83. The van der Waals surface area contributed by atoms with Gasteiger partial charge in [-0.1, -0.05) is 13.8 Å². The topological polar surface area (TPSA) is 18.5 Å². The quantitative estimate of drug-likeness (QED) is 0.803. The van der Waals surface area contributed by atoms with Crippen molar-refractivity contribution in [2.24, 2.45) is 0 Å². The minimum atomic E-state index is 0.741. The molecule has 3 nitrogen and oxygen atoms in total. The monoisotopic (exact) mass is 239 g/mol. The maximum Gasteiger partial charge on any atom is 0.0224 e. The lowest BCUT2D eigenvalue weighted by Gasteiger charge is -2.43. The predicted molar refractivity (Wildman–Crippen MR) is 73.4 cm³/mol. The zero-order valence-electron chi connectivity index (χ0n) is 11.6. The standard InChI is InChI=1S/C14H29N3/c1-3-15-13-7-5-10-17(11-13)14-8-6-9-16(4-2)12-14/h13-15H,3-12H2,1-2H3. The van der Waals surface area contributed by atoms with Crippen molar-refractivity contribution in [1.82, 2.24) is 15.1 Å². The molecule has 2 atom stereocenters. The molecule has 2 rings (SSSR count). The molecular weight excluding hydrogens is 210 g/mol. The van der Waals surface area contributed by atoms with E-state index in [-0.39, 0.29) is 0 Å². The van der Waals surface area contributed by atoms with E-state index in [2.05, 4.69) is 29.0 Å². The SMILES string of the molecule is CCNC1CCCN(C2CCCN(CC)C2)C1. The van der Waals surface area contributed by atoms with Gasteiger partial charge in [-0.2, -0.15) is 0 Å². The smallest absolute Gasteiger partial charge is 0.0224 e. The van der Waals surface area contributed by atoms with Crippen LogP contribution in [-0.4, -0.2) is 61.2 Å². The van der Waals surface area contributed by atoms with Gasteiger partial charge in [-0.25, -0.2) is 0 Å². The van der Waals surface area contributed by atoms with E-state index in [1.807, 2.05) is 0 Å². The summed E-state index contributed by atoms with van der Waals surface area (Å²) in [6, 6.07) is 1.57. The van der Waals surface area contributed by atoms with Crippen LogP contribution < -0.4 is 5.32 Å². The van der Waals surface area contributed by atoms with Gasteiger partial charge in [0.2, 0.25) is 0 Å². The zero-order valence-corrected chi connectivity index (χ0v) is 11.6. The lowest BCUT2D eigenvalue weighted by Crippen LogP contribution is -2.54. The molecule has 2 heterocycles. The first kappa shape index (κ1) is 13.3. The van der Waals surface area contributed by atoms with Gasteiger partial charge in [-0.15, -0.1) is 0 Å². The molecule has 0 radical (unpaired) electrons. The largest absolute Gasteiger partial charge is 0.313 e. The molecule has 2 aliphatic rings. The minimum Gasteiger partial charge on any atom is -0.313 e. The fourth-order valence-corrected chi connectivity index (χ4v) is 3.41. The number of rotatable bonds is 4. The first-order valence-corrected chi connectivity index (χ1v) is 7.53. The molecule has 2 aliphatic heterocycles. The van der Waals surface area contributed by atoms with Crippen molar-refractivity contribution in [2.75, 3.05) is 39.3 Å². The van der Waals surface area contributed by atoms with E-state index in [1.165, 1.54) is 58.4 Å². The normalized spacial score (nSPS) is 32.8. The Bertz CT molecular complexity index is 218. The molecule has 1 N–H and O–H groups in total. The summed E-state index contributed by atoms with van der Waals surface area (Å²) in [6.45, 7) is 12.1. The van der Waals surface area contributed by atoms with E-state index in [0.717, 1.165) is 18.6 Å². The van der Waals surface area contributed by atoms with Crippen molar-refractivity contribution in [3.8, 4) is 0 Å². The highest BCUT2D eigenvalue weighted by atomic mass is 15.2. The van der Waals surface area contributed by atoms with Gasteiger partial charge in [0.1, 0.15) is 0 Å². The molecule has 0 bridgehead atoms. The van der Waals surface area contributed by atoms with Gasteiger partial charge in [0, 0.05) is 25.2 Å². The van der Waals surface area contributed by atoms with Crippen LogP contribution in [0, 0.1) is 0 Å². The second-order valence-corrected chi connectivity index (χ2v) is 5.58. The number of nitrogens with zero attached hydrogens (tertiary/aromatic N) is 2. The fraction of sp³-hybridized carbons (Fsp3) is 1.00. The van der Waals surface area contributed by atoms with Crippen LogP contribution in [0.5, 0.6) is 0 Å². The molecule has 100 valence electrons. The zero-order chi connectivity index (χ0) is 12.1. The number of nitrogens with one attached hydrogen (secondary N) is 1. The molecule has 0 spiro atoms. The van der Waals surface area contributed by atoms with Crippen molar-refractivity contribution in [1.29, 1.82) is 0 Å². The summed E-state index contributed by atoms with van der Waals surface area (Å²) >= 11 is 0. The van der Waals surface area contributed by atoms with Crippen molar-refractivity contribution in [3.05, 3.63) is 0 Å². The van der Waals surface area contributed by atoms with Crippen LogP contribution in [0.15, 0.2) is 0 Å². The van der Waals surface area contributed by atoms with E-state index in [9.17, 15) is 0 Å². The molecule has 2 saturated heterocycles. The first-order chi connectivity index (χ1) is 8.33. The summed E-state index contributed by atoms with van der Waals surface area (Å²) in [5, 5.41) is 3.62. The average molecular weight is 239 g/mol. The minimum absolute atomic E-state index is 0.741. The number of likely N-dealkylation sites (N-methyl/N-ethyl adjacent to an activating group) is 2. The molecule has 2 fully saturated rings. The summed E-state index contributed by atoms with van der Waals surface area (Å²) < 4.78 is 0. The van der Waals surface area contributed by atoms with Gasteiger partial charge < -0.3 is 10.2 Å². The summed E-state index contributed by atoms with van der Waals surface area (Å²) in [7, 11) is 0. The van der Waals surface area contributed by atoms with E-state index in [0.29, 0.717) is 0 Å². The number of piperidine rings is 2. The maximum absolute atomic E-state index is 3.62. The summed E-state index contributed by atoms with van der Waals surface area (Å²) in [4.78, 5) is 5.36. The fourth-order valence-electron chi connectivity index (χ4n) is 3.41. The molecule has 0 amide bonds. The Labute approximate surface area is 107 Å². The van der Waals surface area contributed by atoms with Gasteiger partial charge in [0.25, 0.3) is 0 Å². The Hall–Kier alpha value is -0.120. The predicted octanol–water partition coefficient (Wildman–Crippen LogP) is 1.54. The summed E-state index contributed by atoms with van der Waals surface area (Å²) in [6.07, 6.45) is 5.55. The highest BCUT2D eigenvalue weighted by molar-refractivity contribution is 4.86. The molecule has 0 aromatic rings. The second kappa shape index (κ2) is 6.72. The van der Waals surface area contributed by atoms with Crippen molar-refractivity contribution in [3.63, 3.8) is 0 Å². The van der Waals surface area contributed by atoms with Crippen LogP contribution in [0.4, 0.5) is 0 Å². The third kappa shape index (κ3) is 3.67. The van der Waals surface area contributed by atoms with Crippen LogP contribution >= 0.6 is 0 Å². The van der Waals surface area contributed by atoms with E-state index in [4.69, 9.17) is 0 Å². The Morgan fingerprint density at radius 2 is 1.88 bits per heavy atom. The average Bonchev–Trinajstić information content (AvgIpc) is 2.40. The molecule has 3 heteroatoms.